The molecule has 3 amide bonds. The second kappa shape index (κ2) is 8.34. The summed E-state index contributed by atoms with van der Waals surface area (Å²) in [5, 5.41) is 4.80. The van der Waals surface area contributed by atoms with Gasteiger partial charge in [0.15, 0.2) is 0 Å². The molecule has 1 aliphatic rings. The zero-order chi connectivity index (χ0) is 15.9. The molecule has 6 heteroatoms. The number of imide groups is 1. The first kappa shape index (κ1) is 17.9. The Morgan fingerprint density at radius 2 is 1.95 bits per heavy atom. The molecule has 0 radical (unpaired) electrons. The predicted molar refractivity (Wildman–Crippen MR) is 81.8 cm³/mol. The average Bonchev–Trinajstić information content (AvgIpc) is 2.48. The second-order valence-corrected chi connectivity index (χ2v) is 5.85. The van der Waals surface area contributed by atoms with Gasteiger partial charge in [-0.25, -0.2) is 4.79 Å². The lowest BCUT2D eigenvalue weighted by Crippen LogP contribution is -2.51. The zero-order valence-corrected chi connectivity index (χ0v) is 13.4. The molecule has 6 nitrogen and oxygen atoms in total. The number of nitrogens with one attached hydrogen (secondary N) is 2. The minimum absolute atomic E-state index is 0.405. The Labute approximate surface area is 127 Å². The molecule has 0 bridgehead atoms. The highest BCUT2D eigenvalue weighted by atomic mass is 16.5. The van der Waals surface area contributed by atoms with Gasteiger partial charge >= 0.3 is 6.03 Å². The lowest BCUT2D eigenvalue weighted by molar-refractivity contribution is -0.149. The van der Waals surface area contributed by atoms with Gasteiger partial charge in [0.1, 0.15) is 6.10 Å². The fourth-order valence-electron chi connectivity index (χ4n) is 2.83. The number of rotatable bonds is 6. The van der Waals surface area contributed by atoms with Crippen molar-refractivity contribution in [3.05, 3.63) is 0 Å². The van der Waals surface area contributed by atoms with Crippen molar-refractivity contribution in [3.63, 3.8) is 0 Å². The van der Waals surface area contributed by atoms with E-state index in [4.69, 9.17) is 10.5 Å². The summed E-state index contributed by atoms with van der Waals surface area (Å²) in [5.41, 5.74) is 5.46. The summed E-state index contributed by atoms with van der Waals surface area (Å²) < 4.78 is 5.94. The Balaban J connectivity index is 2.52. The molecule has 1 rings (SSSR count). The van der Waals surface area contributed by atoms with Crippen LogP contribution in [0.4, 0.5) is 4.79 Å². The number of amides is 3. The van der Waals surface area contributed by atoms with Gasteiger partial charge in [0.05, 0.1) is 5.60 Å². The fourth-order valence-corrected chi connectivity index (χ4v) is 2.83. The number of hydrogen-bond acceptors (Lipinski definition) is 4. The standard InChI is InChI=1S/C15H29N3O3/c1-4-12-6-8-15(10-16,9-7-12)21-11(3)13(19)18-14(20)17-5-2/h11-12H,4-10,16H2,1-3H3,(H2,17,18,19,20). The topological polar surface area (TPSA) is 93.5 Å². The van der Waals surface area contributed by atoms with Crippen molar-refractivity contribution < 1.29 is 14.3 Å². The van der Waals surface area contributed by atoms with Gasteiger partial charge in [-0.3, -0.25) is 10.1 Å². The predicted octanol–water partition coefficient (Wildman–Crippen LogP) is 1.53. The van der Waals surface area contributed by atoms with Crippen LogP contribution >= 0.6 is 0 Å². The first-order chi connectivity index (χ1) is 9.96. The third-order valence-corrected chi connectivity index (χ3v) is 4.34. The van der Waals surface area contributed by atoms with Crippen LogP contribution in [0.5, 0.6) is 0 Å². The van der Waals surface area contributed by atoms with Crippen LogP contribution in [0.3, 0.4) is 0 Å². The van der Waals surface area contributed by atoms with Crippen molar-refractivity contribution in [2.24, 2.45) is 11.7 Å². The van der Waals surface area contributed by atoms with Gasteiger partial charge in [-0.05, 0) is 45.4 Å². The molecular weight excluding hydrogens is 270 g/mol. The van der Waals surface area contributed by atoms with Crippen LogP contribution < -0.4 is 16.4 Å². The van der Waals surface area contributed by atoms with Crippen molar-refractivity contribution >= 4 is 11.9 Å². The van der Waals surface area contributed by atoms with E-state index in [0.29, 0.717) is 13.1 Å². The number of nitrogens with two attached hydrogens (primary N) is 1. The largest absolute Gasteiger partial charge is 0.361 e. The maximum absolute atomic E-state index is 11.9. The molecule has 4 N–H and O–H groups in total. The summed E-state index contributed by atoms with van der Waals surface area (Å²) in [6.07, 6.45) is 4.40. The summed E-state index contributed by atoms with van der Waals surface area (Å²) in [6, 6.07) is -0.491. The van der Waals surface area contributed by atoms with Gasteiger partial charge in [0, 0.05) is 13.1 Å². The molecule has 21 heavy (non-hydrogen) atoms. The Morgan fingerprint density at radius 1 is 1.33 bits per heavy atom. The van der Waals surface area contributed by atoms with E-state index >= 15 is 0 Å². The number of ether oxygens (including phenoxy) is 1. The molecular formula is C15H29N3O3. The van der Waals surface area contributed by atoms with Crippen LogP contribution in [0, 0.1) is 5.92 Å². The van der Waals surface area contributed by atoms with E-state index in [2.05, 4.69) is 17.6 Å². The van der Waals surface area contributed by atoms with E-state index in [9.17, 15) is 9.59 Å². The van der Waals surface area contributed by atoms with Crippen molar-refractivity contribution in [3.8, 4) is 0 Å². The Morgan fingerprint density at radius 3 is 2.43 bits per heavy atom. The van der Waals surface area contributed by atoms with Crippen molar-refractivity contribution in [1.29, 1.82) is 0 Å². The molecule has 0 aromatic heterocycles. The molecule has 0 spiro atoms. The monoisotopic (exact) mass is 299 g/mol. The summed E-state index contributed by atoms with van der Waals surface area (Å²) in [5.74, 6) is 0.305. The molecule has 1 atom stereocenters. The average molecular weight is 299 g/mol. The maximum Gasteiger partial charge on any atom is 0.321 e. The molecule has 0 heterocycles. The van der Waals surface area contributed by atoms with Gasteiger partial charge < -0.3 is 15.8 Å². The lowest BCUT2D eigenvalue weighted by atomic mass is 9.77. The van der Waals surface area contributed by atoms with E-state index in [1.165, 1.54) is 6.42 Å². The number of hydrogen-bond donors (Lipinski definition) is 3. The fraction of sp³-hybridized carbons (Fsp3) is 0.867. The summed E-state index contributed by atoms with van der Waals surface area (Å²) in [6.45, 7) is 6.53. The van der Waals surface area contributed by atoms with Gasteiger partial charge in [0.25, 0.3) is 5.91 Å². The quantitative estimate of drug-likeness (QED) is 0.693. The van der Waals surface area contributed by atoms with E-state index in [-0.39, 0.29) is 0 Å². The van der Waals surface area contributed by atoms with Gasteiger partial charge in [-0.15, -0.1) is 0 Å². The van der Waals surface area contributed by atoms with Gasteiger partial charge in [-0.1, -0.05) is 13.3 Å². The molecule has 1 aliphatic carbocycles. The first-order valence-electron chi connectivity index (χ1n) is 7.93. The highest BCUT2D eigenvalue weighted by molar-refractivity contribution is 5.96. The van der Waals surface area contributed by atoms with Gasteiger partial charge in [-0.2, -0.15) is 0 Å². The van der Waals surface area contributed by atoms with E-state index in [0.717, 1.165) is 31.6 Å². The van der Waals surface area contributed by atoms with Crippen LogP contribution in [0.15, 0.2) is 0 Å². The number of carbonyl (C=O) groups is 2. The van der Waals surface area contributed by atoms with Gasteiger partial charge in [0.2, 0.25) is 0 Å². The number of carbonyl (C=O) groups excluding carboxylic acids is 2. The van der Waals surface area contributed by atoms with Crippen LogP contribution in [0.1, 0.15) is 52.9 Å². The Hall–Kier alpha value is -1.14. The number of urea groups is 1. The SMILES string of the molecule is CCNC(=O)NC(=O)C(C)OC1(CN)CCC(CC)CC1. The molecule has 1 fully saturated rings. The third-order valence-electron chi connectivity index (χ3n) is 4.34. The Kier molecular flexibility index (Phi) is 7.11. The maximum atomic E-state index is 11.9. The second-order valence-electron chi connectivity index (χ2n) is 5.85. The molecule has 0 aliphatic heterocycles. The van der Waals surface area contributed by atoms with Crippen LogP contribution in [0.2, 0.25) is 0 Å². The molecule has 0 saturated heterocycles. The summed E-state index contributed by atoms with van der Waals surface area (Å²) in [4.78, 5) is 23.3. The van der Waals surface area contributed by atoms with E-state index in [1.54, 1.807) is 13.8 Å². The normalized spacial score (nSPS) is 27.0. The minimum Gasteiger partial charge on any atom is -0.361 e. The van der Waals surface area contributed by atoms with Crippen molar-refractivity contribution in [1.82, 2.24) is 10.6 Å². The van der Waals surface area contributed by atoms with Crippen molar-refractivity contribution in [2.75, 3.05) is 13.1 Å². The van der Waals surface area contributed by atoms with E-state index in [1.807, 2.05) is 0 Å². The molecule has 1 saturated carbocycles. The molecule has 122 valence electrons. The highest BCUT2D eigenvalue weighted by Crippen LogP contribution is 2.36. The lowest BCUT2D eigenvalue weighted by Gasteiger charge is -2.40. The summed E-state index contributed by atoms with van der Waals surface area (Å²) in [7, 11) is 0. The molecule has 0 aromatic rings. The molecule has 1 unspecified atom stereocenters. The minimum atomic E-state index is -0.686. The van der Waals surface area contributed by atoms with E-state index < -0.39 is 23.6 Å². The summed E-state index contributed by atoms with van der Waals surface area (Å²) >= 11 is 0. The van der Waals surface area contributed by atoms with Crippen molar-refractivity contribution in [2.45, 2.75) is 64.6 Å². The molecule has 0 aromatic carbocycles. The third kappa shape index (κ3) is 5.28. The van der Waals surface area contributed by atoms with Crippen LogP contribution in [-0.2, 0) is 9.53 Å². The van der Waals surface area contributed by atoms with Crippen LogP contribution in [-0.4, -0.2) is 36.7 Å². The highest BCUT2D eigenvalue weighted by Gasteiger charge is 2.37. The van der Waals surface area contributed by atoms with Crippen LogP contribution in [0.25, 0.3) is 0 Å². The zero-order valence-electron chi connectivity index (χ0n) is 13.4. The first-order valence-corrected chi connectivity index (χ1v) is 7.93. The smallest absolute Gasteiger partial charge is 0.321 e. The Bertz CT molecular complexity index is 352.